The van der Waals surface area contributed by atoms with E-state index in [9.17, 15) is 4.21 Å². The lowest BCUT2D eigenvalue weighted by Gasteiger charge is -2.12. The Morgan fingerprint density at radius 3 is 2.11 bits per heavy atom. The van der Waals surface area contributed by atoms with Crippen LogP contribution in [0.4, 0.5) is 0 Å². The molecular formula is C5H12AlNOS. The van der Waals surface area contributed by atoms with Crippen molar-refractivity contribution < 1.29 is 4.21 Å². The van der Waals surface area contributed by atoms with Crippen LogP contribution >= 0.6 is 0 Å². The van der Waals surface area contributed by atoms with Crippen molar-refractivity contribution >= 4 is 32.4 Å². The summed E-state index contributed by atoms with van der Waals surface area (Å²) in [6.07, 6.45) is 0. The zero-order chi connectivity index (χ0) is 7.49. The molecular weight excluding hydrogens is 149 g/mol. The van der Waals surface area contributed by atoms with Crippen LogP contribution in [-0.4, -0.2) is 30.3 Å². The van der Waals surface area contributed by atoms with Crippen molar-refractivity contribution in [2.45, 2.75) is 25.5 Å². The van der Waals surface area contributed by atoms with E-state index in [1.54, 1.807) is 5.08 Å². The minimum atomic E-state index is -1.03. The van der Waals surface area contributed by atoms with Crippen LogP contribution in [0.5, 0.6) is 0 Å². The van der Waals surface area contributed by atoms with E-state index in [2.05, 4.69) is 4.40 Å². The maximum Gasteiger partial charge on any atom is 0.278 e. The molecule has 0 aromatic heterocycles. The summed E-state index contributed by atoms with van der Waals surface area (Å²) in [5.41, 5.74) is 0. The van der Waals surface area contributed by atoms with Gasteiger partial charge in [0.25, 0.3) is 16.3 Å². The minimum Gasteiger partial charge on any atom is -0.235 e. The molecule has 9 heavy (non-hydrogen) atoms. The Bertz CT molecular complexity index is 138. The van der Waals surface area contributed by atoms with Crippen molar-refractivity contribution in [2.24, 2.45) is 4.40 Å². The van der Waals surface area contributed by atoms with Gasteiger partial charge in [0.15, 0.2) is 0 Å². The van der Waals surface area contributed by atoms with Gasteiger partial charge < -0.3 is 0 Å². The standard InChI is InChI=1S/C5H10NOS.Al.2H/c1-5(2,3)8(7)6-4;;;/h4H,1-3H3;;;. The van der Waals surface area contributed by atoms with Gasteiger partial charge in [-0.25, -0.2) is 8.61 Å². The fraction of sp³-hybridized carbons (Fsp3) is 0.800. The summed E-state index contributed by atoms with van der Waals surface area (Å²) in [6, 6.07) is 0. The number of hydrogen-bond donors (Lipinski definition) is 0. The lowest BCUT2D eigenvalue weighted by atomic mass is 10.3. The fourth-order valence-electron chi connectivity index (χ4n) is 0.254. The van der Waals surface area contributed by atoms with Crippen LogP contribution in [0.1, 0.15) is 20.8 Å². The van der Waals surface area contributed by atoms with E-state index in [1.807, 2.05) is 20.8 Å². The second-order valence-electron chi connectivity index (χ2n) is 2.73. The third-order valence-corrected chi connectivity index (χ3v) is 2.81. The lowest BCUT2D eigenvalue weighted by Crippen LogP contribution is -2.19. The Hall–Kier alpha value is 0.352. The van der Waals surface area contributed by atoms with Crippen LogP contribution in [-0.2, 0) is 11.0 Å². The van der Waals surface area contributed by atoms with Crippen LogP contribution in [0.2, 0.25) is 0 Å². The molecule has 0 heterocycles. The highest BCUT2D eigenvalue weighted by atomic mass is 32.2. The molecule has 0 spiro atoms. The Kier molecular flexibility index (Phi) is 3.64. The number of hydrogen-bond acceptors (Lipinski definition) is 1. The van der Waals surface area contributed by atoms with Crippen LogP contribution in [0.15, 0.2) is 4.40 Å². The lowest BCUT2D eigenvalue weighted by molar-refractivity contribution is 0.651. The van der Waals surface area contributed by atoms with Crippen molar-refractivity contribution in [3.05, 3.63) is 0 Å². The summed E-state index contributed by atoms with van der Waals surface area (Å²) >= 11 is 0.886. The molecule has 0 aromatic carbocycles. The molecule has 0 aliphatic heterocycles. The predicted molar refractivity (Wildman–Crippen MR) is 44.9 cm³/mol. The van der Waals surface area contributed by atoms with Gasteiger partial charge in [0.05, 0.1) is 4.75 Å². The first kappa shape index (κ1) is 9.35. The molecule has 0 N–H and O–H groups in total. The molecule has 0 radical (unpaired) electrons. The average molecular weight is 161 g/mol. The molecule has 0 aliphatic rings. The topological polar surface area (TPSA) is 29.4 Å². The summed E-state index contributed by atoms with van der Waals surface area (Å²) in [6.45, 7) is 5.74. The molecule has 2 nitrogen and oxygen atoms in total. The van der Waals surface area contributed by atoms with E-state index < -0.39 is 11.0 Å². The maximum absolute atomic E-state index is 11.0. The molecule has 52 valence electrons. The molecule has 0 saturated heterocycles. The third kappa shape index (κ3) is 3.85. The Morgan fingerprint density at radius 2 is 2.00 bits per heavy atom. The van der Waals surface area contributed by atoms with Crippen LogP contribution in [0, 0.1) is 0 Å². The Balaban J connectivity index is 4.06. The van der Waals surface area contributed by atoms with E-state index >= 15 is 0 Å². The summed E-state index contributed by atoms with van der Waals surface area (Å²) < 4.78 is 14.6. The van der Waals surface area contributed by atoms with E-state index in [-0.39, 0.29) is 4.75 Å². The molecule has 0 aliphatic carbocycles. The van der Waals surface area contributed by atoms with E-state index in [0.29, 0.717) is 0 Å². The Morgan fingerprint density at radius 1 is 1.56 bits per heavy atom. The van der Waals surface area contributed by atoms with Gasteiger partial charge in [0.2, 0.25) is 0 Å². The molecule has 0 saturated carbocycles. The van der Waals surface area contributed by atoms with Crippen molar-refractivity contribution in [1.29, 1.82) is 0 Å². The summed E-state index contributed by atoms with van der Waals surface area (Å²) in [4.78, 5) is 0. The second-order valence-corrected chi connectivity index (χ2v) is 5.18. The minimum absolute atomic E-state index is 0.194. The zero-order valence-corrected chi connectivity index (χ0v) is 9.16. The van der Waals surface area contributed by atoms with Gasteiger partial charge in [-0.05, 0) is 20.8 Å². The third-order valence-electron chi connectivity index (χ3n) is 0.725. The van der Waals surface area contributed by atoms with Crippen LogP contribution < -0.4 is 0 Å². The predicted octanol–water partition coefficient (Wildman–Crippen LogP) is 0.110. The first-order valence-corrected chi connectivity index (χ1v) is 5.15. The SMILES string of the molecule is CC(C)(C)S(=O)N=[CH][AlH2]. The molecule has 1 atom stereocenters. The summed E-state index contributed by atoms with van der Waals surface area (Å²) in [5.74, 6) is 0. The number of nitrogens with zero attached hydrogens (tertiary/aromatic N) is 1. The van der Waals surface area contributed by atoms with Crippen LogP contribution in [0.25, 0.3) is 0 Å². The molecule has 4 heteroatoms. The van der Waals surface area contributed by atoms with Gasteiger partial charge in [0, 0.05) is 0 Å². The number of rotatable bonds is 1. The second kappa shape index (κ2) is 3.50. The van der Waals surface area contributed by atoms with E-state index in [0.717, 1.165) is 16.3 Å². The van der Waals surface area contributed by atoms with Gasteiger partial charge in [-0.2, -0.15) is 0 Å². The van der Waals surface area contributed by atoms with E-state index in [4.69, 9.17) is 0 Å². The molecule has 0 bridgehead atoms. The highest BCUT2D eigenvalue weighted by Crippen LogP contribution is 2.10. The fourth-order valence-corrected chi connectivity index (χ4v) is 1.34. The van der Waals surface area contributed by atoms with Gasteiger partial charge in [-0.3, -0.25) is 0 Å². The molecule has 0 aromatic rings. The van der Waals surface area contributed by atoms with Crippen LogP contribution in [0.3, 0.4) is 0 Å². The Labute approximate surface area is 66.8 Å². The molecule has 1 unspecified atom stereocenters. The smallest absolute Gasteiger partial charge is 0.235 e. The molecule has 0 fully saturated rings. The highest BCUT2D eigenvalue weighted by Gasteiger charge is 2.17. The van der Waals surface area contributed by atoms with Crippen molar-refractivity contribution in [3.63, 3.8) is 0 Å². The highest BCUT2D eigenvalue weighted by molar-refractivity contribution is 7.85. The summed E-state index contributed by atoms with van der Waals surface area (Å²) in [5, 5.41) is 1.71. The first-order valence-electron chi connectivity index (χ1n) is 2.89. The zero-order valence-electron chi connectivity index (χ0n) is 6.34. The quantitative estimate of drug-likeness (QED) is 0.396. The summed E-state index contributed by atoms with van der Waals surface area (Å²) in [7, 11) is -1.03. The van der Waals surface area contributed by atoms with E-state index in [1.165, 1.54) is 0 Å². The maximum atomic E-state index is 11.0. The van der Waals surface area contributed by atoms with Gasteiger partial charge in [-0.1, -0.05) is 5.08 Å². The van der Waals surface area contributed by atoms with Crippen molar-refractivity contribution in [2.75, 3.05) is 0 Å². The molecule has 0 rings (SSSR count). The molecule has 0 amide bonds. The first-order chi connectivity index (χ1) is 3.98. The van der Waals surface area contributed by atoms with Gasteiger partial charge >= 0.3 is 0 Å². The monoisotopic (exact) mass is 161 g/mol. The van der Waals surface area contributed by atoms with Gasteiger partial charge in [0.1, 0.15) is 11.0 Å². The van der Waals surface area contributed by atoms with Crippen molar-refractivity contribution in [3.8, 4) is 0 Å². The van der Waals surface area contributed by atoms with Crippen molar-refractivity contribution in [1.82, 2.24) is 0 Å². The normalized spacial score (nSPS) is 16.3. The largest absolute Gasteiger partial charge is 0.278 e. The average Bonchev–Trinajstić information content (AvgIpc) is 1.64. The van der Waals surface area contributed by atoms with Gasteiger partial charge in [-0.15, -0.1) is 0 Å².